The van der Waals surface area contributed by atoms with E-state index >= 15 is 0 Å². The first-order chi connectivity index (χ1) is 9.51. The molecule has 20 heavy (non-hydrogen) atoms. The fourth-order valence-electron chi connectivity index (χ4n) is 2.02. The second-order valence-corrected chi connectivity index (χ2v) is 5.69. The van der Waals surface area contributed by atoms with Crippen molar-refractivity contribution < 1.29 is 4.39 Å². The maximum atomic E-state index is 13.5. The first-order valence-corrected chi connectivity index (χ1v) is 7.21. The number of rotatable bonds is 4. The van der Waals surface area contributed by atoms with Crippen LogP contribution < -0.4 is 5.32 Å². The van der Waals surface area contributed by atoms with Gasteiger partial charge in [-0.3, -0.25) is 0 Å². The molecule has 0 amide bonds. The van der Waals surface area contributed by atoms with Gasteiger partial charge in [0.05, 0.1) is 15.1 Å². The van der Waals surface area contributed by atoms with E-state index in [9.17, 15) is 4.39 Å². The first-order valence-electron chi connectivity index (χ1n) is 6.07. The van der Waals surface area contributed by atoms with Crippen molar-refractivity contribution in [2.24, 2.45) is 0 Å². The third-order valence-corrected chi connectivity index (χ3v) is 4.16. The van der Waals surface area contributed by atoms with Crippen LogP contribution >= 0.6 is 34.8 Å². The maximum absolute atomic E-state index is 13.5. The van der Waals surface area contributed by atoms with Crippen molar-refractivity contribution in [2.75, 3.05) is 7.05 Å². The molecule has 0 fully saturated rings. The summed E-state index contributed by atoms with van der Waals surface area (Å²) >= 11 is 17.6. The molecule has 2 rings (SSSR count). The van der Waals surface area contributed by atoms with Crippen LogP contribution in [0.1, 0.15) is 17.2 Å². The predicted octanol–water partition coefficient (Wildman–Crippen LogP) is 5.29. The number of likely N-dealkylation sites (N-methyl/N-ethyl adjacent to an activating group) is 1. The van der Waals surface area contributed by atoms with Crippen molar-refractivity contribution in [1.29, 1.82) is 0 Å². The van der Waals surface area contributed by atoms with Crippen molar-refractivity contribution in [3.05, 3.63) is 68.4 Å². The zero-order valence-corrected chi connectivity index (χ0v) is 13.0. The Labute approximate surface area is 132 Å². The van der Waals surface area contributed by atoms with Gasteiger partial charge in [0.2, 0.25) is 0 Å². The van der Waals surface area contributed by atoms with E-state index in [0.717, 1.165) is 11.1 Å². The highest BCUT2D eigenvalue weighted by atomic mass is 35.5. The van der Waals surface area contributed by atoms with Crippen LogP contribution in [0.3, 0.4) is 0 Å². The lowest BCUT2D eigenvalue weighted by Gasteiger charge is -2.17. The van der Waals surface area contributed by atoms with Crippen molar-refractivity contribution in [3.63, 3.8) is 0 Å². The molecule has 2 aromatic carbocycles. The Kier molecular flexibility index (Phi) is 5.28. The SMILES string of the molecule is CNC(Cc1ccc(Cl)c(F)c1)c1ccc(Cl)c(Cl)c1. The lowest BCUT2D eigenvalue weighted by molar-refractivity contribution is 0.584. The Bertz CT molecular complexity index is 616. The number of halogens is 4. The molecule has 0 saturated carbocycles. The molecule has 106 valence electrons. The molecule has 0 aliphatic heterocycles. The fraction of sp³-hybridized carbons (Fsp3) is 0.200. The molecule has 1 atom stereocenters. The molecule has 5 heteroatoms. The summed E-state index contributed by atoms with van der Waals surface area (Å²) in [5.41, 5.74) is 1.86. The van der Waals surface area contributed by atoms with Gasteiger partial charge in [-0.25, -0.2) is 4.39 Å². The van der Waals surface area contributed by atoms with Crippen LogP contribution in [0, 0.1) is 5.82 Å². The second kappa shape index (κ2) is 6.77. The minimum Gasteiger partial charge on any atom is -0.313 e. The largest absolute Gasteiger partial charge is 0.313 e. The van der Waals surface area contributed by atoms with Crippen LogP contribution in [0.2, 0.25) is 15.1 Å². The van der Waals surface area contributed by atoms with Gasteiger partial charge in [0, 0.05) is 6.04 Å². The zero-order valence-electron chi connectivity index (χ0n) is 10.8. The molecular formula is C15H13Cl3FN. The minimum absolute atomic E-state index is 0.0188. The van der Waals surface area contributed by atoms with Gasteiger partial charge >= 0.3 is 0 Å². The summed E-state index contributed by atoms with van der Waals surface area (Å²) in [5, 5.41) is 4.34. The molecule has 0 spiro atoms. The normalized spacial score (nSPS) is 12.4. The van der Waals surface area contributed by atoms with E-state index in [1.54, 1.807) is 12.1 Å². The van der Waals surface area contributed by atoms with E-state index in [1.807, 2.05) is 25.2 Å². The van der Waals surface area contributed by atoms with Crippen molar-refractivity contribution in [2.45, 2.75) is 12.5 Å². The van der Waals surface area contributed by atoms with Gasteiger partial charge in [-0.05, 0) is 48.9 Å². The highest BCUT2D eigenvalue weighted by Gasteiger charge is 2.13. The average Bonchev–Trinajstić information content (AvgIpc) is 2.43. The highest BCUT2D eigenvalue weighted by molar-refractivity contribution is 6.42. The Morgan fingerprint density at radius 1 is 1.00 bits per heavy atom. The lowest BCUT2D eigenvalue weighted by Crippen LogP contribution is -2.18. The Balaban J connectivity index is 2.23. The number of hydrogen-bond acceptors (Lipinski definition) is 1. The summed E-state index contributed by atoms with van der Waals surface area (Å²) in [6, 6.07) is 10.3. The summed E-state index contributed by atoms with van der Waals surface area (Å²) in [6.07, 6.45) is 0.628. The van der Waals surface area contributed by atoms with Crippen LogP contribution in [0.5, 0.6) is 0 Å². The van der Waals surface area contributed by atoms with Crippen LogP contribution in [-0.2, 0) is 6.42 Å². The lowest BCUT2D eigenvalue weighted by atomic mass is 9.99. The highest BCUT2D eigenvalue weighted by Crippen LogP contribution is 2.27. The fourth-order valence-corrected chi connectivity index (χ4v) is 2.44. The molecule has 0 saturated heterocycles. The third-order valence-electron chi connectivity index (χ3n) is 3.12. The van der Waals surface area contributed by atoms with E-state index in [0.29, 0.717) is 16.5 Å². The summed E-state index contributed by atoms with van der Waals surface area (Å²) in [6.45, 7) is 0. The van der Waals surface area contributed by atoms with Gasteiger partial charge < -0.3 is 5.32 Å². The van der Waals surface area contributed by atoms with Crippen LogP contribution in [0.25, 0.3) is 0 Å². The van der Waals surface area contributed by atoms with Crippen molar-refractivity contribution >= 4 is 34.8 Å². The monoisotopic (exact) mass is 331 g/mol. The quantitative estimate of drug-likeness (QED) is 0.802. The van der Waals surface area contributed by atoms with Crippen LogP contribution in [0.4, 0.5) is 4.39 Å². The topological polar surface area (TPSA) is 12.0 Å². The van der Waals surface area contributed by atoms with Crippen molar-refractivity contribution in [1.82, 2.24) is 5.32 Å². The van der Waals surface area contributed by atoms with Crippen molar-refractivity contribution in [3.8, 4) is 0 Å². The molecule has 0 aromatic heterocycles. The molecule has 0 radical (unpaired) electrons. The summed E-state index contributed by atoms with van der Waals surface area (Å²) in [7, 11) is 1.85. The maximum Gasteiger partial charge on any atom is 0.142 e. The van der Waals surface area contributed by atoms with Gasteiger partial charge in [0.1, 0.15) is 5.82 Å². The molecule has 1 N–H and O–H groups in total. The summed E-state index contributed by atoms with van der Waals surface area (Å²) in [4.78, 5) is 0. The summed E-state index contributed by atoms with van der Waals surface area (Å²) < 4.78 is 13.5. The predicted molar refractivity (Wildman–Crippen MR) is 83.4 cm³/mol. The molecule has 0 bridgehead atoms. The molecule has 0 aliphatic carbocycles. The van der Waals surface area contributed by atoms with E-state index in [2.05, 4.69) is 5.32 Å². The molecule has 0 heterocycles. The average molecular weight is 333 g/mol. The number of benzene rings is 2. The minimum atomic E-state index is -0.409. The van der Waals surface area contributed by atoms with Gasteiger partial charge in [-0.15, -0.1) is 0 Å². The molecular weight excluding hydrogens is 320 g/mol. The smallest absolute Gasteiger partial charge is 0.142 e. The van der Waals surface area contributed by atoms with Gasteiger partial charge in [0.15, 0.2) is 0 Å². The molecule has 1 nitrogen and oxygen atoms in total. The first kappa shape index (κ1) is 15.6. The van der Waals surface area contributed by atoms with E-state index in [1.165, 1.54) is 6.07 Å². The number of nitrogens with one attached hydrogen (secondary N) is 1. The van der Waals surface area contributed by atoms with Gasteiger partial charge in [-0.2, -0.15) is 0 Å². The molecule has 1 unspecified atom stereocenters. The van der Waals surface area contributed by atoms with E-state index in [4.69, 9.17) is 34.8 Å². The molecule has 2 aromatic rings. The van der Waals surface area contributed by atoms with Crippen LogP contribution in [0.15, 0.2) is 36.4 Å². The van der Waals surface area contributed by atoms with Gasteiger partial charge in [0.25, 0.3) is 0 Å². The standard InChI is InChI=1S/C15H13Cl3FN/c1-20-15(10-3-5-11(16)13(18)8-10)7-9-2-4-12(17)14(19)6-9/h2-6,8,15,20H,7H2,1H3. The Morgan fingerprint density at radius 3 is 2.30 bits per heavy atom. The van der Waals surface area contributed by atoms with Gasteiger partial charge in [-0.1, -0.05) is 46.9 Å². The second-order valence-electron chi connectivity index (χ2n) is 4.47. The zero-order chi connectivity index (χ0) is 14.7. The Hall–Kier alpha value is -0.800. The Morgan fingerprint density at radius 2 is 1.70 bits per heavy atom. The van der Waals surface area contributed by atoms with E-state index < -0.39 is 5.82 Å². The summed E-state index contributed by atoms with van der Waals surface area (Å²) in [5.74, 6) is -0.409. The van der Waals surface area contributed by atoms with E-state index in [-0.39, 0.29) is 11.1 Å². The van der Waals surface area contributed by atoms with Crippen LogP contribution in [-0.4, -0.2) is 7.05 Å². The third kappa shape index (κ3) is 3.64. The molecule has 0 aliphatic rings. The number of hydrogen-bond donors (Lipinski definition) is 1.